The SMILES string of the molecule is CC(C)CCCCCCCCCC(O)CCC(=O)O. The fraction of sp³-hybridized carbons (Fsp3) is 0.938. The fourth-order valence-corrected chi connectivity index (χ4v) is 2.25. The summed E-state index contributed by atoms with van der Waals surface area (Å²) < 4.78 is 0. The number of carboxylic acids is 1. The van der Waals surface area contributed by atoms with Crippen molar-refractivity contribution < 1.29 is 15.0 Å². The van der Waals surface area contributed by atoms with E-state index in [1.807, 2.05) is 0 Å². The lowest BCUT2D eigenvalue weighted by Gasteiger charge is -2.08. The molecule has 3 heteroatoms. The minimum Gasteiger partial charge on any atom is -0.481 e. The summed E-state index contributed by atoms with van der Waals surface area (Å²) in [6, 6.07) is 0. The summed E-state index contributed by atoms with van der Waals surface area (Å²) in [5.74, 6) is 0.00716. The van der Waals surface area contributed by atoms with E-state index in [4.69, 9.17) is 5.11 Å². The minimum atomic E-state index is -0.819. The number of carbonyl (C=O) groups is 1. The van der Waals surface area contributed by atoms with Gasteiger partial charge in [-0.05, 0) is 18.8 Å². The average Bonchev–Trinajstić information content (AvgIpc) is 2.34. The van der Waals surface area contributed by atoms with Gasteiger partial charge in [0.1, 0.15) is 0 Å². The summed E-state index contributed by atoms with van der Waals surface area (Å²) in [5, 5.41) is 18.1. The highest BCUT2D eigenvalue weighted by atomic mass is 16.4. The van der Waals surface area contributed by atoms with E-state index in [1.165, 1.54) is 38.5 Å². The van der Waals surface area contributed by atoms with Crippen molar-refractivity contribution in [2.45, 2.75) is 90.6 Å². The van der Waals surface area contributed by atoms with Crippen molar-refractivity contribution in [3.8, 4) is 0 Å². The van der Waals surface area contributed by atoms with Gasteiger partial charge in [0.2, 0.25) is 0 Å². The normalized spacial score (nSPS) is 12.8. The molecule has 0 aliphatic rings. The van der Waals surface area contributed by atoms with Gasteiger partial charge in [-0.3, -0.25) is 4.79 Å². The van der Waals surface area contributed by atoms with Gasteiger partial charge in [0.25, 0.3) is 0 Å². The highest BCUT2D eigenvalue weighted by Crippen LogP contribution is 2.14. The highest BCUT2D eigenvalue weighted by molar-refractivity contribution is 5.66. The van der Waals surface area contributed by atoms with Crippen molar-refractivity contribution in [1.82, 2.24) is 0 Å². The molecule has 114 valence electrons. The Morgan fingerprint density at radius 1 is 0.842 bits per heavy atom. The van der Waals surface area contributed by atoms with Gasteiger partial charge in [-0.25, -0.2) is 0 Å². The predicted octanol–water partition coefficient (Wildman–Crippen LogP) is 4.38. The first-order chi connectivity index (χ1) is 9.02. The number of aliphatic carboxylic acids is 1. The van der Waals surface area contributed by atoms with E-state index in [2.05, 4.69) is 13.8 Å². The molecule has 0 aromatic heterocycles. The molecule has 0 aromatic rings. The van der Waals surface area contributed by atoms with Crippen LogP contribution in [0.5, 0.6) is 0 Å². The van der Waals surface area contributed by atoms with Gasteiger partial charge in [0.05, 0.1) is 6.10 Å². The van der Waals surface area contributed by atoms with Crippen LogP contribution in [0.25, 0.3) is 0 Å². The van der Waals surface area contributed by atoms with E-state index in [0.717, 1.165) is 25.2 Å². The molecule has 3 nitrogen and oxygen atoms in total. The highest BCUT2D eigenvalue weighted by Gasteiger charge is 2.06. The number of unbranched alkanes of at least 4 members (excludes halogenated alkanes) is 6. The van der Waals surface area contributed by atoms with Crippen molar-refractivity contribution >= 4 is 5.97 Å². The Bertz CT molecular complexity index is 214. The van der Waals surface area contributed by atoms with Crippen LogP contribution >= 0.6 is 0 Å². The standard InChI is InChI=1S/C16H32O3/c1-14(2)10-8-6-4-3-5-7-9-11-15(17)12-13-16(18)19/h14-15,17H,3-13H2,1-2H3,(H,18,19). The van der Waals surface area contributed by atoms with Crippen molar-refractivity contribution in [1.29, 1.82) is 0 Å². The van der Waals surface area contributed by atoms with Gasteiger partial charge in [-0.15, -0.1) is 0 Å². The van der Waals surface area contributed by atoms with Crippen LogP contribution in [0.15, 0.2) is 0 Å². The Hall–Kier alpha value is -0.570. The molecule has 0 spiro atoms. The van der Waals surface area contributed by atoms with Crippen LogP contribution < -0.4 is 0 Å². The average molecular weight is 272 g/mol. The lowest BCUT2D eigenvalue weighted by Crippen LogP contribution is -2.09. The van der Waals surface area contributed by atoms with E-state index in [-0.39, 0.29) is 6.42 Å². The maximum Gasteiger partial charge on any atom is 0.303 e. The third-order valence-electron chi connectivity index (χ3n) is 3.51. The minimum absolute atomic E-state index is 0.0804. The van der Waals surface area contributed by atoms with Crippen LogP contribution in [0.1, 0.15) is 84.5 Å². The maximum atomic E-state index is 10.3. The first-order valence-electron chi connectivity index (χ1n) is 7.92. The molecule has 0 saturated carbocycles. The Kier molecular flexibility index (Phi) is 12.1. The second-order valence-electron chi connectivity index (χ2n) is 6.03. The Labute approximate surface area is 118 Å². The van der Waals surface area contributed by atoms with Gasteiger partial charge < -0.3 is 10.2 Å². The summed E-state index contributed by atoms with van der Waals surface area (Å²) in [6.07, 6.45) is 10.9. The van der Waals surface area contributed by atoms with Crippen molar-refractivity contribution in [2.24, 2.45) is 5.92 Å². The zero-order chi connectivity index (χ0) is 14.5. The first-order valence-corrected chi connectivity index (χ1v) is 7.92. The van der Waals surface area contributed by atoms with E-state index in [0.29, 0.717) is 6.42 Å². The van der Waals surface area contributed by atoms with Crippen molar-refractivity contribution in [2.75, 3.05) is 0 Å². The molecule has 0 rings (SSSR count). The number of rotatable bonds is 13. The molecule has 0 amide bonds. The molecule has 0 heterocycles. The van der Waals surface area contributed by atoms with Gasteiger partial charge in [-0.2, -0.15) is 0 Å². The predicted molar refractivity (Wildman–Crippen MR) is 79.3 cm³/mol. The van der Waals surface area contributed by atoms with Crippen molar-refractivity contribution in [3.05, 3.63) is 0 Å². The van der Waals surface area contributed by atoms with E-state index >= 15 is 0 Å². The Morgan fingerprint density at radius 3 is 1.79 bits per heavy atom. The first kappa shape index (κ1) is 18.4. The summed E-state index contributed by atoms with van der Waals surface area (Å²) in [5.41, 5.74) is 0. The molecule has 0 saturated heterocycles. The second kappa shape index (κ2) is 12.5. The quantitative estimate of drug-likeness (QED) is 0.489. The van der Waals surface area contributed by atoms with E-state index in [9.17, 15) is 9.90 Å². The van der Waals surface area contributed by atoms with Crippen LogP contribution in [0, 0.1) is 5.92 Å². The lowest BCUT2D eigenvalue weighted by atomic mass is 10.0. The molecule has 0 bridgehead atoms. The molecule has 0 fully saturated rings. The third kappa shape index (κ3) is 15.4. The van der Waals surface area contributed by atoms with Crippen LogP contribution in [-0.2, 0) is 4.79 Å². The van der Waals surface area contributed by atoms with Gasteiger partial charge in [-0.1, -0.05) is 65.2 Å². The Balaban J connectivity index is 3.15. The Morgan fingerprint density at radius 2 is 1.32 bits per heavy atom. The molecular weight excluding hydrogens is 240 g/mol. The number of hydrogen-bond acceptors (Lipinski definition) is 2. The zero-order valence-corrected chi connectivity index (χ0v) is 12.7. The monoisotopic (exact) mass is 272 g/mol. The molecular formula is C16H32O3. The van der Waals surface area contributed by atoms with Gasteiger partial charge >= 0.3 is 5.97 Å². The largest absolute Gasteiger partial charge is 0.481 e. The molecule has 0 aromatic carbocycles. The topological polar surface area (TPSA) is 57.5 Å². The maximum absolute atomic E-state index is 10.3. The smallest absolute Gasteiger partial charge is 0.303 e. The van der Waals surface area contributed by atoms with Gasteiger partial charge in [0, 0.05) is 6.42 Å². The summed E-state index contributed by atoms with van der Waals surface area (Å²) in [7, 11) is 0. The molecule has 19 heavy (non-hydrogen) atoms. The number of aliphatic hydroxyl groups excluding tert-OH is 1. The summed E-state index contributed by atoms with van der Waals surface area (Å²) >= 11 is 0. The summed E-state index contributed by atoms with van der Waals surface area (Å²) in [6.45, 7) is 4.55. The number of carboxylic acid groups (broad SMARTS) is 1. The van der Waals surface area contributed by atoms with Crippen LogP contribution in [0.4, 0.5) is 0 Å². The van der Waals surface area contributed by atoms with E-state index < -0.39 is 12.1 Å². The third-order valence-corrected chi connectivity index (χ3v) is 3.51. The second-order valence-corrected chi connectivity index (χ2v) is 6.03. The molecule has 0 aliphatic heterocycles. The molecule has 0 radical (unpaired) electrons. The molecule has 1 unspecified atom stereocenters. The molecule has 0 aliphatic carbocycles. The van der Waals surface area contributed by atoms with Crippen LogP contribution in [0.3, 0.4) is 0 Å². The fourth-order valence-electron chi connectivity index (χ4n) is 2.25. The van der Waals surface area contributed by atoms with E-state index in [1.54, 1.807) is 0 Å². The molecule has 1 atom stereocenters. The number of hydrogen-bond donors (Lipinski definition) is 2. The molecule has 2 N–H and O–H groups in total. The lowest BCUT2D eigenvalue weighted by molar-refractivity contribution is -0.137. The summed E-state index contributed by atoms with van der Waals surface area (Å²) in [4.78, 5) is 10.3. The number of aliphatic hydroxyl groups is 1. The van der Waals surface area contributed by atoms with Crippen molar-refractivity contribution in [3.63, 3.8) is 0 Å². The van der Waals surface area contributed by atoms with Crippen LogP contribution in [0.2, 0.25) is 0 Å². The zero-order valence-electron chi connectivity index (χ0n) is 12.7. The van der Waals surface area contributed by atoms with Gasteiger partial charge in [0.15, 0.2) is 0 Å². The van der Waals surface area contributed by atoms with Crippen LogP contribution in [-0.4, -0.2) is 22.3 Å².